The van der Waals surface area contributed by atoms with Gasteiger partial charge in [-0.05, 0) is 55.5 Å². The predicted octanol–water partition coefficient (Wildman–Crippen LogP) is 4.26. The number of halogens is 3. The molecule has 9 heteroatoms. The number of carboxylic acid groups (broad SMARTS) is 1. The van der Waals surface area contributed by atoms with E-state index in [1.807, 2.05) is 12.1 Å². The second-order valence-corrected chi connectivity index (χ2v) is 9.44. The standard InChI is InChI=1S/C26H29F3N2O4/c1-25(2,24(35)31-14-4-5-21(31)23(33)34)19-10-8-18(9-11-19)16-30(3)22(32)15-17-6-12-20(13-7-17)26(27,28)29/h6-13,21H,4-5,14-16H2,1-3H3,(H,33,34). The van der Waals surface area contributed by atoms with Crippen molar-refractivity contribution in [2.45, 2.75) is 57.3 Å². The van der Waals surface area contributed by atoms with E-state index in [4.69, 9.17) is 0 Å². The molecule has 1 N–H and O–H groups in total. The maximum atomic E-state index is 13.1. The first-order valence-electron chi connectivity index (χ1n) is 11.3. The minimum Gasteiger partial charge on any atom is -0.480 e. The minimum absolute atomic E-state index is 0.0190. The fraction of sp³-hybridized carbons (Fsp3) is 0.423. The number of carboxylic acids is 1. The molecule has 1 fully saturated rings. The molecule has 6 nitrogen and oxygen atoms in total. The van der Waals surface area contributed by atoms with Gasteiger partial charge >= 0.3 is 12.1 Å². The van der Waals surface area contributed by atoms with Crippen molar-refractivity contribution < 1.29 is 32.7 Å². The highest BCUT2D eigenvalue weighted by atomic mass is 19.4. The maximum absolute atomic E-state index is 13.1. The largest absolute Gasteiger partial charge is 0.480 e. The molecule has 2 aromatic carbocycles. The molecule has 35 heavy (non-hydrogen) atoms. The SMILES string of the molecule is CN(Cc1ccc(C(C)(C)C(=O)N2CCCC2C(=O)O)cc1)C(=O)Cc1ccc(C(F)(F)F)cc1. The van der Waals surface area contributed by atoms with Crippen LogP contribution in [-0.4, -0.2) is 52.3 Å². The van der Waals surface area contributed by atoms with Crippen LogP contribution in [0.15, 0.2) is 48.5 Å². The van der Waals surface area contributed by atoms with Crippen LogP contribution in [0, 0.1) is 0 Å². The molecule has 1 heterocycles. The number of alkyl halides is 3. The van der Waals surface area contributed by atoms with E-state index in [0.717, 1.165) is 23.3 Å². The summed E-state index contributed by atoms with van der Waals surface area (Å²) in [5.41, 5.74) is 0.380. The van der Waals surface area contributed by atoms with Crippen LogP contribution in [0.2, 0.25) is 0 Å². The van der Waals surface area contributed by atoms with E-state index in [1.54, 1.807) is 33.0 Å². The number of likely N-dealkylation sites (N-methyl/N-ethyl adjacent to an activating group) is 1. The number of amides is 2. The lowest BCUT2D eigenvalue weighted by molar-refractivity contribution is -0.150. The summed E-state index contributed by atoms with van der Waals surface area (Å²) in [6, 6.07) is 11.0. The van der Waals surface area contributed by atoms with E-state index >= 15 is 0 Å². The van der Waals surface area contributed by atoms with E-state index in [0.29, 0.717) is 31.5 Å². The number of hydrogen-bond acceptors (Lipinski definition) is 3. The number of aliphatic carboxylic acids is 1. The Kier molecular flexibility index (Phi) is 7.57. The first kappa shape index (κ1) is 26.2. The van der Waals surface area contributed by atoms with Gasteiger partial charge in [0.05, 0.1) is 17.4 Å². The lowest BCUT2D eigenvalue weighted by Gasteiger charge is -2.32. The van der Waals surface area contributed by atoms with Gasteiger partial charge in [-0.15, -0.1) is 0 Å². The van der Waals surface area contributed by atoms with Gasteiger partial charge in [0.2, 0.25) is 11.8 Å². The maximum Gasteiger partial charge on any atom is 0.416 e. The molecule has 3 rings (SSSR count). The zero-order valence-corrected chi connectivity index (χ0v) is 19.9. The van der Waals surface area contributed by atoms with Gasteiger partial charge < -0.3 is 14.9 Å². The van der Waals surface area contributed by atoms with Crippen LogP contribution in [-0.2, 0) is 38.9 Å². The molecule has 1 saturated heterocycles. The molecule has 0 saturated carbocycles. The van der Waals surface area contributed by atoms with Crippen LogP contribution in [0.25, 0.3) is 0 Å². The normalized spacial score (nSPS) is 16.3. The summed E-state index contributed by atoms with van der Waals surface area (Å²) in [6.45, 7) is 4.24. The Morgan fingerprint density at radius 1 is 0.971 bits per heavy atom. The molecular formula is C26H29F3N2O4. The molecule has 0 aliphatic carbocycles. The van der Waals surface area contributed by atoms with Gasteiger partial charge in [-0.2, -0.15) is 13.2 Å². The zero-order chi connectivity index (χ0) is 26.0. The van der Waals surface area contributed by atoms with Gasteiger partial charge in [-0.3, -0.25) is 9.59 Å². The van der Waals surface area contributed by atoms with Crippen molar-refractivity contribution in [3.63, 3.8) is 0 Å². The zero-order valence-electron chi connectivity index (χ0n) is 19.9. The van der Waals surface area contributed by atoms with Crippen LogP contribution in [0.1, 0.15) is 48.9 Å². The van der Waals surface area contributed by atoms with Crippen molar-refractivity contribution >= 4 is 17.8 Å². The van der Waals surface area contributed by atoms with Crippen molar-refractivity contribution in [2.75, 3.05) is 13.6 Å². The molecule has 1 aliphatic rings. The first-order chi connectivity index (χ1) is 16.3. The second-order valence-electron chi connectivity index (χ2n) is 9.44. The molecule has 0 radical (unpaired) electrons. The summed E-state index contributed by atoms with van der Waals surface area (Å²) in [5.74, 6) is -1.47. The van der Waals surface area contributed by atoms with Crippen molar-refractivity contribution in [3.8, 4) is 0 Å². The Balaban J connectivity index is 1.62. The number of likely N-dealkylation sites (tertiary alicyclic amines) is 1. The molecule has 1 atom stereocenters. The van der Waals surface area contributed by atoms with Crippen LogP contribution in [0.4, 0.5) is 13.2 Å². The van der Waals surface area contributed by atoms with Crippen LogP contribution in [0.5, 0.6) is 0 Å². The van der Waals surface area contributed by atoms with Crippen LogP contribution >= 0.6 is 0 Å². The van der Waals surface area contributed by atoms with Gasteiger partial charge in [0.1, 0.15) is 6.04 Å². The summed E-state index contributed by atoms with van der Waals surface area (Å²) in [5, 5.41) is 9.40. The Morgan fingerprint density at radius 2 is 1.51 bits per heavy atom. The average molecular weight is 491 g/mol. The van der Waals surface area contributed by atoms with Crippen molar-refractivity contribution in [1.29, 1.82) is 0 Å². The molecule has 1 unspecified atom stereocenters. The molecule has 0 spiro atoms. The fourth-order valence-electron chi connectivity index (χ4n) is 4.26. The second kappa shape index (κ2) is 10.1. The number of benzene rings is 2. The topological polar surface area (TPSA) is 77.9 Å². The monoisotopic (exact) mass is 490 g/mol. The summed E-state index contributed by atoms with van der Waals surface area (Å²) in [4.78, 5) is 40.1. The first-order valence-corrected chi connectivity index (χ1v) is 11.3. The van der Waals surface area contributed by atoms with Crippen LogP contribution < -0.4 is 0 Å². The van der Waals surface area contributed by atoms with Crippen molar-refractivity contribution in [1.82, 2.24) is 9.80 Å². The minimum atomic E-state index is -4.42. The summed E-state index contributed by atoms with van der Waals surface area (Å²) in [7, 11) is 1.62. The average Bonchev–Trinajstić information content (AvgIpc) is 3.29. The van der Waals surface area contributed by atoms with E-state index in [-0.39, 0.29) is 18.2 Å². The molecule has 2 amide bonds. The quantitative estimate of drug-likeness (QED) is 0.629. The Labute approximate surface area is 202 Å². The van der Waals surface area contributed by atoms with Gasteiger partial charge in [0.25, 0.3) is 0 Å². The summed E-state index contributed by atoms with van der Waals surface area (Å²) >= 11 is 0. The number of nitrogens with zero attached hydrogens (tertiary/aromatic N) is 2. The highest BCUT2D eigenvalue weighted by Gasteiger charge is 2.41. The number of rotatable bonds is 7. The van der Waals surface area contributed by atoms with Crippen molar-refractivity contribution in [2.24, 2.45) is 0 Å². The van der Waals surface area contributed by atoms with E-state index in [2.05, 4.69) is 0 Å². The molecule has 2 aromatic rings. The lowest BCUT2D eigenvalue weighted by Crippen LogP contribution is -2.48. The van der Waals surface area contributed by atoms with Crippen molar-refractivity contribution in [3.05, 3.63) is 70.8 Å². The summed E-state index contributed by atoms with van der Waals surface area (Å²) < 4.78 is 38.1. The van der Waals surface area contributed by atoms with Gasteiger partial charge in [-0.1, -0.05) is 36.4 Å². The number of carbonyl (C=O) groups is 3. The third-order valence-electron chi connectivity index (χ3n) is 6.49. The molecular weight excluding hydrogens is 461 g/mol. The molecule has 0 aromatic heterocycles. The number of hydrogen-bond donors (Lipinski definition) is 1. The molecule has 0 bridgehead atoms. The van der Waals surface area contributed by atoms with Crippen LogP contribution in [0.3, 0.4) is 0 Å². The highest BCUT2D eigenvalue weighted by Crippen LogP contribution is 2.31. The smallest absolute Gasteiger partial charge is 0.416 e. The van der Waals surface area contributed by atoms with E-state index < -0.39 is 29.2 Å². The highest BCUT2D eigenvalue weighted by molar-refractivity contribution is 5.91. The third kappa shape index (κ3) is 6.01. The predicted molar refractivity (Wildman–Crippen MR) is 123 cm³/mol. The van der Waals surface area contributed by atoms with E-state index in [1.165, 1.54) is 21.9 Å². The van der Waals surface area contributed by atoms with Gasteiger partial charge in [-0.25, -0.2) is 4.79 Å². The summed E-state index contributed by atoms with van der Waals surface area (Å²) in [6.07, 6.45) is -3.33. The fourth-order valence-corrected chi connectivity index (χ4v) is 4.26. The van der Waals surface area contributed by atoms with Gasteiger partial charge in [0, 0.05) is 20.1 Å². The Bertz CT molecular complexity index is 1080. The van der Waals surface area contributed by atoms with E-state index in [9.17, 15) is 32.7 Å². The number of carbonyl (C=O) groups excluding carboxylic acids is 2. The Hall–Kier alpha value is -3.36. The molecule has 1 aliphatic heterocycles. The third-order valence-corrected chi connectivity index (χ3v) is 6.49. The lowest BCUT2D eigenvalue weighted by atomic mass is 9.82. The van der Waals surface area contributed by atoms with Gasteiger partial charge in [0.15, 0.2) is 0 Å². The Morgan fingerprint density at radius 3 is 2.06 bits per heavy atom. The molecule has 188 valence electrons.